The third-order valence-corrected chi connectivity index (χ3v) is 5.05. The van der Waals surface area contributed by atoms with Gasteiger partial charge in [0.1, 0.15) is 0 Å². The predicted octanol–water partition coefficient (Wildman–Crippen LogP) is 3.03. The summed E-state index contributed by atoms with van der Waals surface area (Å²) in [6.45, 7) is 3.93. The Morgan fingerprint density at radius 1 is 1.11 bits per heavy atom. The van der Waals surface area contributed by atoms with E-state index in [0.717, 1.165) is 16.8 Å². The molecule has 0 bridgehead atoms. The zero-order valence-electron chi connectivity index (χ0n) is 16.1. The molecule has 0 aliphatic rings. The lowest BCUT2D eigenvalue weighted by Gasteiger charge is -2.11. The summed E-state index contributed by atoms with van der Waals surface area (Å²) in [5.74, 6) is 1.24. The summed E-state index contributed by atoms with van der Waals surface area (Å²) in [6, 6.07) is 11.3. The van der Waals surface area contributed by atoms with E-state index >= 15 is 0 Å². The summed E-state index contributed by atoms with van der Waals surface area (Å²) >= 11 is 1.25. The Bertz CT molecular complexity index is 969. The number of methoxy groups -OCH3 is 2. The first kappa shape index (κ1) is 19.7. The molecule has 0 fully saturated rings. The first-order valence-electron chi connectivity index (χ1n) is 8.53. The molecule has 0 radical (unpaired) electrons. The Morgan fingerprint density at radius 2 is 1.82 bits per heavy atom. The van der Waals surface area contributed by atoms with E-state index in [2.05, 4.69) is 20.8 Å². The molecule has 0 aliphatic heterocycles. The number of para-hydroxylation sites is 1. The van der Waals surface area contributed by atoms with Crippen molar-refractivity contribution < 1.29 is 14.3 Å². The number of ether oxygens (including phenoxy) is 2. The van der Waals surface area contributed by atoms with Crippen LogP contribution in [0.3, 0.4) is 0 Å². The lowest BCUT2D eigenvalue weighted by Crippen LogP contribution is -2.16. The van der Waals surface area contributed by atoms with Crippen LogP contribution in [0.4, 0.5) is 5.69 Å². The monoisotopic (exact) mass is 399 g/mol. The van der Waals surface area contributed by atoms with Gasteiger partial charge in [-0.05, 0) is 47.5 Å². The molecule has 146 valence electrons. The maximum absolute atomic E-state index is 12.4. The van der Waals surface area contributed by atoms with Gasteiger partial charge in [0, 0.05) is 11.8 Å². The second-order valence-corrected chi connectivity index (χ2v) is 6.96. The first-order valence-corrected chi connectivity index (χ1v) is 9.51. The molecule has 8 nitrogen and oxygen atoms in total. The Hall–Kier alpha value is -3.07. The van der Waals surface area contributed by atoms with Crippen molar-refractivity contribution in [1.82, 2.24) is 20.2 Å². The highest BCUT2D eigenvalue weighted by atomic mass is 32.2. The highest BCUT2D eigenvalue weighted by molar-refractivity contribution is 7.99. The van der Waals surface area contributed by atoms with E-state index in [1.54, 1.807) is 31.0 Å². The number of rotatable bonds is 7. The highest BCUT2D eigenvalue weighted by Crippen LogP contribution is 2.30. The van der Waals surface area contributed by atoms with Crippen LogP contribution >= 0.6 is 11.8 Å². The summed E-state index contributed by atoms with van der Waals surface area (Å²) < 4.78 is 12.1. The summed E-state index contributed by atoms with van der Waals surface area (Å²) in [5.41, 5.74) is 3.59. The number of carbonyl (C=O) groups is 1. The fourth-order valence-corrected chi connectivity index (χ4v) is 3.40. The van der Waals surface area contributed by atoms with Gasteiger partial charge < -0.3 is 14.8 Å². The van der Waals surface area contributed by atoms with Crippen molar-refractivity contribution >= 4 is 23.4 Å². The number of tetrazole rings is 1. The van der Waals surface area contributed by atoms with E-state index < -0.39 is 0 Å². The SMILES string of the molecule is COc1ccc(-n2nnnc2SCC(=O)Nc2c(C)cccc2C)cc1OC. The third kappa shape index (κ3) is 4.25. The lowest BCUT2D eigenvalue weighted by atomic mass is 10.1. The van der Waals surface area contributed by atoms with Crippen molar-refractivity contribution in [3.05, 3.63) is 47.5 Å². The molecular weight excluding hydrogens is 378 g/mol. The molecule has 0 unspecified atom stereocenters. The fourth-order valence-electron chi connectivity index (χ4n) is 2.70. The maximum Gasteiger partial charge on any atom is 0.234 e. The Balaban J connectivity index is 1.72. The van der Waals surface area contributed by atoms with Crippen LogP contribution in [-0.4, -0.2) is 46.1 Å². The zero-order valence-corrected chi connectivity index (χ0v) is 16.9. The molecule has 0 atom stereocenters. The number of hydrogen-bond donors (Lipinski definition) is 1. The van der Waals surface area contributed by atoms with Gasteiger partial charge in [-0.3, -0.25) is 4.79 Å². The van der Waals surface area contributed by atoms with E-state index in [1.165, 1.54) is 11.8 Å². The smallest absolute Gasteiger partial charge is 0.234 e. The van der Waals surface area contributed by atoms with Crippen LogP contribution in [0.15, 0.2) is 41.6 Å². The van der Waals surface area contributed by atoms with Gasteiger partial charge in [0.05, 0.1) is 25.7 Å². The molecule has 3 rings (SSSR count). The molecule has 0 saturated carbocycles. The third-order valence-electron chi connectivity index (χ3n) is 4.13. The Labute approximate surface area is 167 Å². The number of carbonyl (C=O) groups excluding carboxylic acids is 1. The standard InChI is InChI=1S/C19H21N5O3S/c1-12-6-5-7-13(2)18(12)20-17(25)11-28-19-21-22-23-24(19)14-8-9-15(26-3)16(10-14)27-4/h5-10H,11H2,1-4H3,(H,20,25). The van der Waals surface area contributed by atoms with Crippen molar-refractivity contribution in [3.8, 4) is 17.2 Å². The van der Waals surface area contributed by atoms with Gasteiger partial charge in [-0.1, -0.05) is 30.0 Å². The summed E-state index contributed by atoms with van der Waals surface area (Å²) in [7, 11) is 3.14. The second-order valence-electron chi connectivity index (χ2n) is 6.02. The summed E-state index contributed by atoms with van der Waals surface area (Å²) in [5, 5.41) is 15.2. The van der Waals surface area contributed by atoms with Gasteiger partial charge in [-0.25, -0.2) is 0 Å². The molecule has 2 aromatic carbocycles. The number of aryl methyl sites for hydroxylation is 2. The van der Waals surface area contributed by atoms with Crippen molar-refractivity contribution in [2.75, 3.05) is 25.3 Å². The number of anilines is 1. The maximum atomic E-state index is 12.4. The Kier molecular flexibility index (Phi) is 6.15. The molecule has 28 heavy (non-hydrogen) atoms. The van der Waals surface area contributed by atoms with Gasteiger partial charge in [-0.2, -0.15) is 4.68 Å². The van der Waals surface area contributed by atoms with E-state index in [4.69, 9.17) is 9.47 Å². The predicted molar refractivity (Wildman–Crippen MR) is 108 cm³/mol. The molecule has 1 amide bonds. The van der Waals surface area contributed by atoms with Crippen LogP contribution in [0.25, 0.3) is 5.69 Å². The number of amides is 1. The average Bonchev–Trinajstić information content (AvgIpc) is 3.17. The molecule has 0 saturated heterocycles. The minimum Gasteiger partial charge on any atom is -0.493 e. The molecule has 9 heteroatoms. The normalized spacial score (nSPS) is 10.6. The fraction of sp³-hybridized carbons (Fsp3) is 0.263. The van der Waals surface area contributed by atoms with Crippen molar-refractivity contribution in [2.24, 2.45) is 0 Å². The van der Waals surface area contributed by atoms with Crippen molar-refractivity contribution in [1.29, 1.82) is 0 Å². The van der Waals surface area contributed by atoms with Crippen LogP contribution in [0.5, 0.6) is 11.5 Å². The minimum atomic E-state index is -0.121. The number of aromatic nitrogens is 4. The quantitative estimate of drug-likeness (QED) is 0.611. The summed E-state index contributed by atoms with van der Waals surface area (Å²) in [4.78, 5) is 12.4. The number of hydrogen-bond acceptors (Lipinski definition) is 7. The zero-order chi connectivity index (χ0) is 20.1. The van der Waals surface area contributed by atoms with Gasteiger partial charge in [0.15, 0.2) is 11.5 Å². The average molecular weight is 399 g/mol. The highest BCUT2D eigenvalue weighted by Gasteiger charge is 2.14. The molecule has 1 aromatic heterocycles. The first-order chi connectivity index (χ1) is 13.5. The van der Waals surface area contributed by atoms with Gasteiger partial charge in [0.2, 0.25) is 11.1 Å². The topological polar surface area (TPSA) is 91.2 Å². The molecule has 0 spiro atoms. The van der Waals surface area contributed by atoms with Crippen LogP contribution in [0.2, 0.25) is 0 Å². The number of nitrogens with zero attached hydrogens (tertiary/aromatic N) is 4. The number of nitrogens with one attached hydrogen (secondary N) is 1. The van der Waals surface area contributed by atoms with E-state index in [1.807, 2.05) is 38.1 Å². The van der Waals surface area contributed by atoms with Gasteiger partial charge >= 0.3 is 0 Å². The van der Waals surface area contributed by atoms with E-state index in [9.17, 15) is 4.79 Å². The van der Waals surface area contributed by atoms with Crippen LogP contribution in [-0.2, 0) is 4.79 Å². The van der Waals surface area contributed by atoms with Crippen LogP contribution < -0.4 is 14.8 Å². The van der Waals surface area contributed by atoms with E-state index in [-0.39, 0.29) is 11.7 Å². The van der Waals surface area contributed by atoms with Crippen molar-refractivity contribution in [3.63, 3.8) is 0 Å². The van der Waals surface area contributed by atoms with Crippen LogP contribution in [0, 0.1) is 13.8 Å². The molecule has 1 N–H and O–H groups in total. The molecule has 1 heterocycles. The number of benzene rings is 2. The largest absolute Gasteiger partial charge is 0.493 e. The van der Waals surface area contributed by atoms with E-state index in [0.29, 0.717) is 22.3 Å². The Morgan fingerprint density at radius 3 is 2.50 bits per heavy atom. The second kappa shape index (κ2) is 8.75. The van der Waals surface area contributed by atoms with Crippen LogP contribution in [0.1, 0.15) is 11.1 Å². The number of thioether (sulfide) groups is 1. The van der Waals surface area contributed by atoms with Gasteiger partial charge in [-0.15, -0.1) is 5.10 Å². The molecule has 3 aromatic rings. The minimum absolute atomic E-state index is 0.121. The lowest BCUT2D eigenvalue weighted by molar-refractivity contribution is -0.113. The molecular formula is C19H21N5O3S. The molecule has 0 aliphatic carbocycles. The van der Waals surface area contributed by atoms with Gasteiger partial charge in [0.25, 0.3) is 0 Å². The summed E-state index contributed by atoms with van der Waals surface area (Å²) in [6.07, 6.45) is 0. The van der Waals surface area contributed by atoms with Crippen molar-refractivity contribution in [2.45, 2.75) is 19.0 Å².